The Morgan fingerprint density at radius 2 is 1.77 bits per heavy atom. The predicted molar refractivity (Wildman–Crippen MR) is 122 cm³/mol. The van der Waals surface area contributed by atoms with E-state index in [9.17, 15) is 0 Å². The van der Waals surface area contributed by atoms with Gasteiger partial charge in [-0.3, -0.25) is 4.98 Å². The molecule has 0 N–H and O–H groups in total. The second kappa shape index (κ2) is 8.78. The third-order valence-corrected chi connectivity index (χ3v) is 6.23. The Bertz CT molecular complexity index is 1160. The maximum absolute atomic E-state index is 5.93. The molecule has 0 bridgehead atoms. The largest absolute Gasteiger partial charge is 0.376 e. The summed E-state index contributed by atoms with van der Waals surface area (Å²) in [4.78, 5) is 10.0. The monoisotopic (exact) mass is 413 g/mol. The lowest BCUT2D eigenvalue weighted by molar-refractivity contribution is 0.0968. The van der Waals surface area contributed by atoms with Gasteiger partial charge in [0.25, 0.3) is 0 Å². The molecule has 2 aromatic heterocycles. The van der Waals surface area contributed by atoms with Crippen molar-refractivity contribution in [3.05, 3.63) is 89.3 Å². The van der Waals surface area contributed by atoms with E-state index < -0.39 is 0 Å². The smallest absolute Gasteiger partial charge is 0.190 e. The summed E-state index contributed by atoms with van der Waals surface area (Å²) < 4.78 is 8.23. The molecule has 4 nitrogen and oxygen atoms in total. The average Bonchev–Trinajstić information content (AvgIpc) is 3.46. The molecule has 0 radical (unpaired) electrons. The number of pyridine rings is 1. The highest BCUT2D eigenvalue weighted by Gasteiger charge is 2.19. The number of aromatic nitrogens is 2. The summed E-state index contributed by atoms with van der Waals surface area (Å²) in [6.45, 7) is 1.67. The quantitative estimate of drug-likeness (QED) is 0.422. The Hall–Kier alpha value is -3.02. The molecular weight excluding hydrogens is 390 g/mol. The average molecular weight is 414 g/mol. The van der Waals surface area contributed by atoms with Gasteiger partial charge in [-0.1, -0.05) is 54.6 Å². The van der Waals surface area contributed by atoms with Crippen molar-refractivity contribution >= 4 is 17.0 Å². The minimum Gasteiger partial charge on any atom is -0.376 e. The summed E-state index contributed by atoms with van der Waals surface area (Å²) in [5.41, 5.74) is 5.69. The first-order valence-corrected chi connectivity index (χ1v) is 11.2. The molecule has 1 saturated heterocycles. The van der Waals surface area contributed by atoms with Crippen LogP contribution in [0.5, 0.6) is 0 Å². The minimum atomic E-state index is 0.245. The molecule has 0 spiro atoms. The lowest BCUT2D eigenvalue weighted by atomic mass is 10.0. The van der Waals surface area contributed by atoms with E-state index in [4.69, 9.17) is 9.73 Å². The molecule has 5 heteroatoms. The van der Waals surface area contributed by atoms with Gasteiger partial charge in [-0.25, -0.2) is 4.99 Å². The number of rotatable bonds is 5. The van der Waals surface area contributed by atoms with E-state index in [-0.39, 0.29) is 6.10 Å². The summed E-state index contributed by atoms with van der Waals surface area (Å²) in [6, 6.07) is 23.2. The van der Waals surface area contributed by atoms with Crippen molar-refractivity contribution in [2.45, 2.75) is 25.5 Å². The van der Waals surface area contributed by atoms with Gasteiger partial charge in [-0.05, 0) is 41.7 Å². The van der Waals surface area contributed by atoms with Gasteiger partial charge < -0.3 is 9.30 Å². The number of nitrogens with zero attached hydrogens (tertiary/aromatic N) is 3. The molecule has 5 rings (SSSR count). The third kappa shape index (κ3) is 4.13. The Labute approximate surface area is 180 Å². The molecule has 1 aliphatic heterocycles. The van der Waals surface area contributed by atoms with Crippen LogP contribution in [0.15, 0.2) is 89.5 Å². The van der Waals surface area contributed by atoms with E-state index in [1.807, 2.05) is 18.2 Å². The zero-order valence-electron chi connectivity index (χ0n) is 16.6. The fourth-order valence-corrected chi connectivity index (χ4v) is 4.75. The van der Waals surface area contributed by atoms with Crippen LogP contribution in [0, 0.1) is 0 Å². The van der Waals surface area contributed by atoms with E-state index in [1.54, 1.807) is 23.7 Å². The van der Waals surface area contributed by atoms with Gasteiger partial charge in [0.1, 0.15) is 0 Å². The van der Waals surface area contributed by atoms with Crippen LogP contribution < -0.4 is 4.80 Å². The predicted octanol–water partition coefficient (Wildman–Crippen LogP) is 5.69. The number of ether oxygens (including phenoxy) is 1. The van der Waals surface area contributed by atoms with Crippen LogP contribution in [0.1, 0.15) is 12.8 Å². The number of hydrogen-bond acceptors (Lipinski definition) is 4. The molecule has 30 heavy (non-hydrogen) atoms. The number of hydrogen-bond donors (Lipinski definition) is 0. The maximum Gasteiger partial charge on any atom is 0.190 e. The van der Waals surface area contributed by atoms with Crippen LogP contribution in [-0.2, 0) is 11.3 Å². The summed E-state index contributed by atoms with van der Waals surface area (Å²) >= 11 is 1.66. The van der Waals surface area contributed by atoms with Crippen molar-refractivity contribution < 1.29 is 4.74 Å². The molecule has 150 valence electrons. The molecule has 2 aromatic carbocycles. The normalized spacial score (nSPS) is 16.8. The SMILES string of the molecule is c1ccc(-c2ccc(-c3csc(=Nc4cccnc4)n3CC3CCCO3)cc2)cc1. The van der Waals surface area contributed by atoms with Crippen molar-refractivity contribution in [3.63, 3.8) is 0 Å². The van der Waals surface area contributed by atoms with Crippen molar-refractivity contribution in [2.24, 2.45) is 4.99 Å². The van der Waals surface area contributed by atoms with Crippen LogP contribution in [0.25, 0.3) is 22.4 Å². The first-order valence-electron chi connectivity index (χ1n) is 10.3. The maximum atomic E-state index is 5.93. The zero-order chi connectivity index (χ0) is 20.2. The lowest BCUT2D eigenvalue weighted by Gasteiger charge is -2.14. The van der Waals surface area contributed by atoms with Crippen molar-refractivity contribution in [1.29, 1.82) is 0 Å². The third-order valence-electron chi connectivity index (χ3n) is 5.37. The molecule has 0 aliphatic carbocycles. The van der Waals surface area contributed by atoms with Gasteiger partial charge in [0.05, 0.1) is 30.2 Å². The minimum absolute atomic E-state index is 0.245. The molecule has 1 fully saturated rings. The van der Waals surface area contributed by atoms with Gasteiger partial charge in [0, 0.05) is 18.2 Å². The van der Waals surface area contributed by atoms with E-state index in [0.717, 1.165) is 36.5 Å². The lowest BCUT2D eigenvalue weighted by Crippen LogP contribution is -2.24. The van der Waals surface area contributed by atoms with E-state index >= 15 is 0 Å². The summed E-state index contributed by atoms with van der Waals surface area (Å²) in [7, 11) is 0. The Balaban J connectivity index is 1.53. The first-order chi connectivity index (χ1) is 14.9. The van der Waals surface area contributed by atoms with Gasteiger partial charge >= 0.3 is 0 Å². The van der Waals surface area contributed by atoms with Crippen LogP contribution in [0.3, 0.4) is 0 Å². The first kappa shape index (κ1) is 19.0. The molecule has 0 amide bonds. The fraction of sp³-hybridized carbons (Fsp3) is 0.200. The number of benzene rings is 2. The highest BCUT2D eigenvalue weighted by Crippen LogP contribution is 2.26. The van der Waals surface area contributed by atoms with Crippen LogP contribution >= 0.6 is 11.3 Å². The topological polar surface area (TPSA) is 39.4 Å². The van der Waals surface area contributed by atoms with Crippen LogP contribution in [0.4, 0.5) is 5.69 Å². The van der Waals surface area contributed by atoms with Gasteiger partial charge in [-0.2, -0.15) is 0 Å². The van der Waals surface area contributed by atoms with Crippen molar-refractivity contribution in [2.75, 3.05) is 6.61 Å². The summed E-state index contributed by atoms with van der Waals surface area (Å²) in [5.74, 6) is 0. The zero-order valence-corrected chi connectivity index (χ0v) is 17.5. The molecule has 1 aliphatic rings. The van der Waals surface area contributed by atoms with Gasteiger partial charge in [-0.15, -0.1) is 11.3 Å². The van der Waals surface area contributed by atoms with Gasteiger partial charge in [0.15, 0.2) is 4.80 Å². The van der Waals surface area contributed by atoms with E-state index in [1.165, 1.54) is 22.4 Å². The van der Waals surface area contributed by atoms with E-state index in [2.05, 4.69) is 63.5 Å². The van der Waals surface area contributed by atoms with Crippen molar-refractivity contribution in [3.8, 4) is 22.4 Å². The molecule has 3 heterocycles. The Morgan fingerprint density at radius 1 is 0.967 bits per heavy atom. The van der Waals surface area contributed by atoms with Crippen LogP contribution in [-0.4, -0.2) is 22.3 Å². The molecular formula is C25H23N3OS. The second-order valence-corrected chi connectivity index (χ2v) is 8.25. The van der Waals surface area contributed by atoms with Crippen LogP contribution in [0.2, 0.25) is 0 Å². The van der Waals surface area contributed by atoms with E-state index in [0.29, 0.717) is 0 Å². The molecule has 0 saturated carbocycles. The molecule has 4 aromatic rings. The standard InChI is InChI=1S/C25H23N3OS/c1-2-6-19(7-3-1)20-10-12-21(13-11-20)24-18-30-25(27-22-8-4-14-26-16-22)28(24)17-23-9-5-15-29-23/h1-4,6-8,10-14,16,18,23H,5,9,15,17H2. The Kier molecular flexibility index (Phi) is 5.55. The van der Waals surface area contributed by atoms with Gasteiger partial charge in [0.2, 0.25) is 0 Å². The summed E-state index contributed by atoms with van der Waals surface area (Å²) in [5, 5.41) is 2.20. The molecule has 1 atom stereocenters. The highest BCUT2D eigenvalue weighted by atomic mass is 32.1. The van der Waals surface area contributed by atoms with Crippen molar-refractivity contribution in [1.82, 2.24) is 9.55 Å². The fourth-order valence-electron chi connectivity index (χ4n) is 3.81. The summed E-state index contributed by atoms with van der Waals surface area (Å²) in [6.07, 6.45) is 6.04. The highest BCUT2D eigenvalue weighted by molar-refractivity contribution is 7.07. The number of thiazole rings is 1. The Morgan fingerprint density at radius 3 is 2.50 bits per heavy atom. The molecule has 1 unspecified atom stereocenters. The second-order valence-electron chi connectivity index (χ2n) is 7.42.